The van der Waals surface area contributed by atoms with Gasteiger partial charge in [-0.15, -0.1) is 0 Å². The first-order chi connectivity index (χ1) is 5.25. The maximum Gasteiger partial charge on any atom is 0.131 e. The quantitative estimate of drug-likeness (QED) is 0.737. The van der Waals surface area contributed by atoms with Gasteiger partial charge < -0.3 is 5.11 Å². The first kappa shape index (κ1) is 8.71. The van der Waals surface area contributed by atoms with E-state index in [0.29, 0.717) is 0 Å². The molecule has 0 saturated heterocycles. The average Bonchev–Trinajstić information content (AvgIpc) is 2.04. The molecule has 1 atom stereocenters. The monoisotopic (exact) mass is 215 g/mol. The Bertz CT molecular complexity index is 239. The van der Waals surface area contributed by atoms with Crippen LogP contribution in [0.25, 0.3) is 0 Å². The number of aliphatic hydroxyl groups is 1. The molecule has 1 aromatic carbocycles. The average molecular weight is 216 g/mol. The topological polar surface area (TPSA) is 32.3 Å². The zero-order valence-corrected chi connectivity index (χ0v) is 7.80. The maximum atomic E-state index is 9.37. The summed E-state index contributed by atoms with van der Waals surface area (Å²) in [6, 6.07) is 7.57. The molecule has 0 radical (unpaired) electrons. The molecule has 0 aromatic heterocycles. The second kappa shape index (κ2) is 3.85. The van der Waals surface area contributed by atoms with E-state index in [2.05, 4.69) is 21.2 Å². The lowest BCUT2D eigenvalue weighted by Gasteiger charge is -2.10. The molecule has 60 valence electrons. The van der Waals surface area contributed by atoms with Crippen molar-refractivity contribution >= 4 is 15.9 Å². The molecule has 0 bridgehead atoms. The SMILES string of the molecule is CNC(O)c1ccccc1Br. The van der Waals surface area contributed by atoms with Crippen molar-refractivity contribution in [1.82, 2.24) is 5.32 Å². The first-order valence-electron chi connectivity index (χ1n) is 3.35. The first-order valence-corrected chi connectivity index (χ1v) is 4.14. The molecule has 0 aliphatic carbocycles. The number of benzene rings is 1. The smallest absolute Gasteiger partial charge is 0.131 e. The predicted octanol–water partition coefficient (Wildman–Crippen LogP) is 1.66. The Labute approximate surface area is 74.4 Å². The van der Waals surface area contributed by atoms with Crippen molar-refractivity contribution in [2.24, 2.45) is 0 Å². The van der Waals surface area contributed by atoms with Gasteiger partial charge >= 0.3 is 0 Å². The summed E-state index contributed by atoms with van der Waals surface area (Å²) in [4.78, 5) is 0. The third-order valence-corrected chi connectivity index (χ3v) is 2.20. The van der Waals surface area contributed by atoms with Gasteiger partial charge in [0.2, 0.25) is 0 Å². The Morgan fingerprint density at radius 1 is 1.45 bits per heavy atom. The van der Waals surface area contributed by atoms with Crippen molar-refractivity contribution in [2.75, 3.05) is 7.05 Å². The molecule has 2 nitrogen and oxygen atoms in total. The van der Waals surface area contributed by atoms with Gasteiger partial charge in [0.25, 0.3) is 0 Å². The van der Waals surface area contributed by atoms with E-state index in [1.54, 1.807) is 7.05 Å². The maximum absolute atomic E-state index is 9.37. The van der Waals surface area contributed by atoms with Gasteiger partial charge in [-0.1, -0.05) is 34.1 Å². The Morgan fingerprint density at radius 2 is 2.09 bits per heavy atom. The van der Waals surface area contributed by atoms with E-state index in [4.69, 9.17) is 0 Å². The minimum Gasteiger partial charge on any atom is -0.374 e. The largest absolute Gasteiger partial charge is 0.374 e. The van der Waals surface area contributed by atoms with E-state index in [9.17, 15) is 5.11 Å². The van der Waals surface area contributed by atoms with Crippen LogP contribution in [0.1, 0.15) is 11.8 Å². The molecule has 1 unspecified atom stereocenters. The summed E-state index contributed by atoms with van der Waals surface area (Å²) in [5, 5.41) is 12.1. The van der Waals surface area contributed by atoms with Crippen molar-refractivity contribution in [3.63, 3.8) is 0 Å². The van der Waals surface area contributed by atoms with Crippen molar-refractivity contribution in [3.05, 3.63) is 34.3 Å². The van der Waals surface area contributed by atoms with E-state index in [1.807, 2.05) is 24.3 Å². The van der Waals surface area contributed by atoms with Crippen molar-refractivity contribution in [3.8, 4) is 0 Å². The summed E-state index contributed by atoms with van der Waals surface area (Å²) in [5.41, 5.74) is 0.856. The number of rotatable bonds is 2. The zero-order chi connectivity index (χ0) is 8.27. The Kier molecular flexibility index (Phi) is 3.05. The normalized spacial score (nSPS) is 13.0. The van der Waals surface area contributed by atoms with E-state index >= 15 is 0 Å². The molecule has 1 aromatic rings. The molecule has 0 amide bonds. The van der Waals surface area contributed by atoms with Crippen molar-refractivity contribution in [2.45, 2.75) is 6.23 Å². The lowest BCUT2D eigenvalue weighted by Crippen LogP contribution is -2.15. The van der Waals surface area contributed by atoms with Crippen LogP contribution in [0.2, 0.25) is 0 Å². The highest BCUT2D eigenvalue weighted by Crippen LogP contribution is 2.20. The van der Waals surface area contributed by atoms with Gasteiger partial charge in [-0.25, -0.2) is 0 Å². The molecule has 3 heteroatoms. The van der Waals surface area contributed by atoms with Crippen LogP contribution in [0.5, 0.6) is 0 Å². The molecule has 1 rings (SSSR count). The highest BCUT2D eigenvalue weighted by atomic mass is 79.9. The molecule has 0 spiro atoms. The molecule has 0 heterocycles. The van der Waals surface area contributed by atoms with E-state index in [1.165, 1.54) is 0 Å². The summed E-state index contributed by atoms with van der Waals surface area (Å²) in [6.45, 7) is 0. The van der Waals surface area contributed by atoms with Crippen molar-refractivity contribution < 1.29 is 5.11 Å². The third kappa shape index (κ3) is 2.02. The molecule has 0 fully saturated rings. The minimum absolute atomic E-state index is 0.592. The number of halogens is 1. The summed E-state index contributed by atoms with van der Waals surface area (Å²) in [7, 11) is 1.71. The standard InChI is InChI=1S/C8H10BrNO/c1-10-8(11)6-4-2-3-5-7(6)9/h2-5,8,10-11H,1H3. The molecule has 11 heavy (non-hydrogen) atoms. The summed E-state index contributed by atoms with van der Waals surface area (Å²) >= 11 is 3.34. The van der Waals surface area contributed by atoms with Crippen LogP contribution >= 0.6 is 15.9 Å². The lowest BCUT2D eigenvalue weighted by molar-refractivity contribution is 0.148. The predicted molar refractivity (Wildman–Crippen MR) is 48.2 cm³/mol. The van der Waals surface area contributed by atoms with Gasteiger partial charge in [0.1, 0.15) is 6.23 Å². The van der Waals surface area contributed by atoms with Gasteiger partial charge in [-0.3, -0.25) is 5.32 Å². The number of nitrogens with one attached hydrogen (secondary N) is 1. The van der Waals surface area contributed by atoms with Crippen molar-refractivity contribution in [1.29, 1.82) is 0 Å². The van der Waals surface area contributed by atoms with Crippen LogP contribution in [-0.2, 0) is 0 Å². The van der Waals surface area contributed by atoms with Crippen LogP contribution in [0.4, 0.5) is 0 Å². The second-order valence-electron chi connectivity index (χ2n) is 2.21. The van der Waals surface area contributed by atoms with Gasteiger partial charge in [-0.05, 0) is 13.1 Å². The molecule has 0 saturated carbocycles. The summed E-state index contributed by atoms with van der Waals surface area (Å²) in [5.74, 6) is 0. The van der Waals surface area contributed by atoms with Crippen LogP contribution in [0.3, 0.4) is 0 Å². The summed E-state index contributed by atoms with van der Waals surface area (Å²) in [6.07, 6.45) is -0.592. The highest BCUT2D eigenvalue weighted by molar-refractivity contribution is 9.10. The van der Waals surface area contributed by atoms with Crippen LogP contribution in [-0.4, -0.2) is 12.2 Å². The fraction of sp³-hybridized carbons (Fsp3) is 0.250. The molecular formula is C8H10BrNO. The fourth-order valence-electron chi connectivity index (χ4n) is 0.852. The lowest BCUT2D eigenvalue weighted by atomic mass is 10.2. The number of hydrogen-bond acceptors (Lipinski definition) is 2. The van der Waals surface area contributed by atoms with Gasteiger partial charge in [-0.2, -0.15) is 0 Å². The van der Waals surface area contributed by atoms with E-state index in [0.717, 1.165) is 10.0 Å². The Morgan fingerprint density at radius 3 is 2.64 bits per heavy atom. The zero-order valence-electron chi connectivity index (χ0n) is 6.21. The third-order valence-electron chi connectivity index (χ3n) is 1.47. The summed E-state index contributed by atoms with van der Waals surface area (Å²) < 4.78 is 0.918. The second-order valence-corrected chi connectivity index (χ2v) is 3.07. The Balaban J connectivity index is 2.93. The molecule has 0 aliphatic rings. The van der Waals surface area contributed by atoms with Gasteiger partial charge in [0.05, 0.1) is 0 Å². The van der Waals surface area contributed by atoms with Gasteiger partial charge in [0, 0.05) is 10.0 Å². The fourth-order valence-corrected chi connectivity index (χ4v) is 1.35. The number of aliphatic hydroxyl groups excluding tert-OH is 1. The minimum atomic E-state index is -0.592. The van der Waals surface area contributed by atoms with Crippen LogP contribution in [0, 0.1) is 0 Å². The van der Waals surface area contributed by atoms with Crippen LogP contribution < -0.4 is 5.32 Å². The molecule has 0 aliphatic heterocycles. The number of hydrogen-bond donors (Lipinski definition) is 2. The van der Waals surface area contributed by atoms with E-state index in [-0.39, 0.29) is 0 Å². The molecule has 2 N–H and O–H groups in total. The van der Waals surface area contributed by atoms with E-state index < -0.39 is 6.23 Å². The highest BCUT2D eigenvalue weighted by Gasteiger charge is 2.06. The van der Waals surface area contributed by atoms with Crippen LogP contribution in [0.15, 0.2) is 28.7 Å². The Hall–Kier alpha value is -0.380. The van der Waals surface area contributed by atoms with Gasteiger partial charge in [0.15, 0.2) is 0 Å². The molecular weight excluding hydrogens is 206 g/mol.